The van der Waals surface area contributed by atoms with Crippen LogP contribution < -0.4 is 15.2 Å². The number of ether oxygens (including phenoxy) is 2. The van der Waals surface area contributed by atoms with Crippen LogP contribution >= 0.6 is 12.4 Å². The Morgan fingerprint density at radius 1 is 0.769 bits per heavy atom. The largest absolute Gasteiger partial charge is 0.453 e. The fraction of sp³-hybridized carbons (Fsp3) is 0.143. The minimum atomic E-state index is -0.460. The summed E-state index contributed by atoms with van der Waals surface area (Å²) in [5, 5.41) is 0. The quantitative estimate of drug-likeness (QED) is 0.548. The van der Waals surface area contributed by atoms with Crippen molar-refractivity contribution in [3.8, 4) is 23.0 Å². The summed E-state index contributed by atoms with van der Waals surface area (Å²) in [6.45, 7) is -0.460. The van der Waals surface area contributed by atoms with E-state index in [1.807, 2.05) is 72.8 Å². The maximum absolute atomic E-state index is 12.6. The maximum atomic E-state index is 12.6. The normalized spacial score (nSPS) is 11.3. The molecule has 0 radical (unpaired) electrons. The summed E-state index contributed by atoms with van der Waals surface area (Å²) in [4.78, 5) is 0. The second-order valence-electron chi connectivity index (χ2n) is 5.62. The highest BCUT2D eigenvalue weighted by atomic mass is 35.5. The van der Waals surface area contributed by atoms with Crippen LogP contribution in [-0.4, -0.2) is 6.67 Å². The second-order valence-corrected chi connectivity index (χ2v) is 5.62. The van der Waals surface area contributed by atoms with Gasteiger partial charge in [0.05, 0.1) is 6.67 Å². The van der Waals surface area contributed by atoms with Crippen molar-refractivity contribution in [2.75, 3.05) is 6.67 Å². The Hall–Kier alpha value is -2.56. The number of para-hydroxylation sites is 2. The molecule has 0 aliphatic rings. The summed E-state index contributed by atoms with van der Waals surface area (Å²) in [7, 11) is 0. The van der Waals surface area contributed by atoms with Crippen LogP contribution in [0.3, 0.4) is 0 Å². The zero-order valence-electron chi connectivity index (χ0n) is 14.2. The molecule has 0 saturated carbocycles. The highest BCUT2D eigenvalue weighted by Crippen LogP contribution is 2.36. The smallest absolute Gasteiger partial charge is 0.170 e. The van der Waals surface area contributed by atoms with Crippen molar-refractivity contribution in [1.29, 1.82) is 0 Å². The molecular formula is C21H21ClFNO2. The Morgan fingerprint density at radius 3 is 1.85 bits per heavy atom. The number of hydrogen-bond donors (Lipinski definition) is 1. The van der Waals surface area contributed by atoms with Crippen LogP contribution in [0.5, 0.6) is 23.0 Å². The SMILES string of the molecule is Cl.N[C@H](CCF)c1ccc(Oc2ccccc2)c(Oc2ccccc2)c1. The molecule has 0 heterocycles. The molecule has 0 bridgehead atoms. The summed E-state index contributed by atoms with van der Waals surface area (Å²) in [5.41, 5.74) is 6.84. The first kappa shape index (κ1) is 19.8. The molecule has 2 N–H and O–H groups in total. The number of nitrogens with two attached hydrogens (primary N) is 1. The summed E-state index contributed by atoms with van der Waals surface area (Å²) < 4.78 is 24.5. The van der Waals surface area contributed by atoms with E-state index in [0.717, 1.165) is 5.56 Å². The third kappa shape index (κ3) is 5.22. The molecule has 3 aromatic carbocycles. The van der Waals surface area contributed by atoms with E-state index in [4.69, 9.17) is 15.2 Å². The van der Waals surface area contributed by atoms with Crippen molar-refractivity contribution >= 4 is 12.4 Å². The van der Waals surface area contributed by atoms with Gasteiger partial charge in [-0.05, 0) is 48.4 Å². The van der Waals surface area contributed by atoms with Crippen LogP contribution in [-0.2, 0) is 0 Å². The molecule has 26 heavy (non-hydrogen) atoms. The molecule has 3 rings (SSSR count). The Labute approximate surface area is 159 Å². The molecule has 0 aliphatic heterocycles. The molecule has 0 spiro atoms. The predicted octanol–water partition coefficient (Wildman–Crippen LogP) is 6.05. The highest BCUT2D eigenvalue weighted by Gasteiger charge is 2.13. The fourth-order valence-corrected chi connectivity index (χ4v) is 2.43. The molecule has 0 aromatic heterocycles. The van der Waals surface area contributed by atoms with Crippen LogP contribution in [0.2, 0.25) is 0 Å². The predicted molar refractivity (Wildman–Crippen MR) is 104 cm³/mol. The Morgan fingerprint density at radius 2 is 1.31 bits per heavy atom. The van der Waals surface area contributed by atoms with E-state index >= 15 is 0 Å². The van der Waals surface area contributed by atoms with Gasteiger partial charge in [0.2, 0.25) is 0 Å². The first-order valence-corrected chi connectivity index (χ1v) is 8.17. The second kappa shape index (κ2) is 9.80. The maximum Gasteiger partial charge on any atom is 0.170 e. The van der Waals surface area contributed by atoms with Crippen molar-refractivity contribution in [1.82, 2.24) is 0 Å². The van der Waals surface area contributed by atoms with Gasteiger partial charge >= 0.3 is 0 Å². The number of halogens is 2. The number of rotatable bonds is 7. The lowest BCUT2D eigenvalue weighted by Crippen LogP contribution is -2.11. The zero-order valence-corrected chi connectivity index (χ0v) is 15.0. The van der Waals surface area contributed by atoms with Gasteiger partial charge in [-0.2, -0.15) is 0 Å². The van der Waals surface area contributed by atoms with Gasteiger partial charge in [0.1, 0.15) is 11.5 Å². The number of alkyl halides is 1. The molecule has 3 aromatic rings. The fourth-order valence-electron chi connectivity index (χ4n) is 2.43. The Balaban J connectivity index is 0.00000243. The van der Waals surface area contributed by atoms with Crippen molar-refractivity contribution in [2.24, 2.45) is 5.73 Å². The van der Waals surface area contributed by atoms with Crippen molar-refractivity contribution < 1.29 is 13.9 Å². The van der Waals surface area contributed by atoms with Gasteiger partial charge in [-0.15, -0.1) is 12.4 Å². The van der Waals surface area contributed by atoms with E-state index in [0.29, 0.717) is 23.0 Å². The minimum Gasteiger partial charge on any atom is -0.453 e. The topological polar surface area (TPSA) is 44.5 Å². The molecule has 0 aliphatic carbocycles. The van der Waals surface area contributed by atoms with Crippen molar-refractivity contribution in [2.45, 2.75) is 12.5 Å². The van der Waals surface area contributed by atoms with E-state index in [-0.39, 0.29) is 24.9 Å². The molecule has 5 heteroatoms. The van der Waals surface area contributed by atoms with Gasteiger partial charge in [-0.1, -0.05) is 42.5 Å². The van der Waals surface area contributed by atoms with Crippen molar-refractivity contribution in [3.05, 3.63) is 84.4 Å². The lowest BCUT2D eigenvalue weighted by Gasteiger charge is -2.16. The summed E-state index contributed by atoms with van der Waals surface area (Å²) in [6.07, 6.45) is 0.268. The summed E-state index contributed by atoms with van der Waals surface area (Å²) in [5.74, 6) is 2.52. The van der Waals surface area contributed by atoms with Crippen LogP contribution in [0.15, 0.2) is 78.9 Å². The zero-order chi connectivity index (χ0) is 17.5. The van der Waals surface area contributed by atoms with Gasteiger partial charge in [-0.3, -0.25) is 4.39 Å². The van der Waals surface area contributed by atoms with Gasteiger partial charge in [-0.25, -0.2) is 0 Å². The number of hydrogen-bond acceptors (Lipinski definition) is 3. The molecule has 136 valence electrons. The summed E-state index contributed by atoms with van der Waals surface area (Å²) in [6, 6.07) is 24.0. The lowest BCUT2D eigenvalue weighted by atomic mass is 10.0. The van der Waals surface area contributed by atoms with E-state index in [1.165, 1.54) is 0 Å². The molecule has 0 amide bonds. The van der Waals surface area contributed by atoms with Crippen molar-refractivity contribution in [3.63, 3.8) is 0 Å². The first-order valence-electron chi connectivity index (χ1n) is 8.17. The molecule has 0 unspecified atom stereocenters. The monoisotopic (exact) mass is 373 g/mol. The highest BCUT2D eigenvalue weighted by molar-refractivity contribution is 5.85. The molecule has 0 fully saturated rings. The third-order valence-electron chi connectivity index (χ3n) is 3.76. The van der Waals surface area contributed by atoms with Crippen LogP contribution in [0.1, 0.15) is 18.0 Å². The molecule has 0 saturated heterocycles. The average molecular weight is 374 g/mol. The van der Waals surface area contributed by atoms with Gasteiger partial charge < -0.3 is 15.2 Å². The molecule has 3 nitrogen and oxygen atoms in total. The number of benzene rings is 3. The van der Waals surface area contributed by atoms with Gasteiger partial charge in [0, 0.05) is 6.04 Å². The van der Waals surface area contributed by atoms with Crippen LogP contribution in [0.25, 0.3) is 0 Å². The summed E-state index contributed by atoms with van der Waals surface area (Å²) >= 11 is 0. The molecular weight excluding hydrogens is 353 g/mol. The Bertz CT molecular complexity index is 800. The van der Waals surface area contributed by atoms with Crippen LogP contribution in [0.4, 0.5) is 4.39 Å². The third-order valence-corrected chi connectivity index (χ3v) is 3.76. The van der Waals surface area contributed by atoms with Crippen LogP contribution in [0, 0.1) is 0 Å². The lowest BCUT2D eigenvalue weighted by molar-refractivity contribution is 0.415. The first-order chi connectivity index (χ1) is 12.3. The minimum absolute atomic E-state index is 0. The Kier molecular flexibility index (Phi) is 7.45. The standard InChI is InChI=1S/C21H20FNO2.ClH/c22-14-13-19(23)16-11-12-20(24-17-7-3-1-4-8-17)21(15-16)25-18-9-5-2-6-10-18;/h1-12,15,19H,13-14,23H2;1H/t19-;/m1./s1. The van der Waals surface area contributed by atoms with E-state index in [2.05, 4.69) is 0 Å². The van der Waals surface area contributed by atoms with E-state index in [1.54, 1.807) is 6.07 Å². The van der Waals surface area contributed by atoms with E-state index in [9.17, 15) is 4.39 Å². The molecule has 1 atom stereocenters. The van der Waals surface area contributed by atoms with E-state index < -0.39 is 6.67 Å². The van der Waals surface area contributed by atoms with Gasteiger partial charge in [0.25, 0.3) is 0 Å². The average Bonchev–Trinajstić information content (AvgIpc) is 2.65. The van der Waals surface area contributed by atoms with Gasteiger partial charge in [0.15, 0.2) is 11.5 Å².